The number of halogens is 1. The lowest BCUT2D eigenvalue weighted by Gasteiger charge is -2.23. The molecule has 0 fully saturated rings. The van der Waals surface area contributed by atoms with E-state index in [9.17, 15) is 0 Å². The molecule has 168 valence electrons. The zero-order valence-electron chi connectivity index (χ0n) is 19.1. The van der Waals surface area contributed by atoms with Gasteiger partial charge in [-0.25, -0.2) is 0 Å². The molecule has 1 heterocycles. The number of aryl methyl sites for hydroxylation is 1. The summed E-state index contributed by atoms with van der Waals surface area (Å²) < 4.78 is 18.2. The molecule has 0 atom stereocenters. The summed E-state index contributed by atoms with van der Waals surface area (Å²) in [6.07, 6.45) is 2.06. The van der Waals surface area contributed by atoms with E-state index in [-0.39, 0.29) is 24.0 Å². The van der Waals surface area contributed by atoms with Gasteiger partial charge in [0.1, 0.15) is 17.2 Å². The van der Waals surface area contributed by atoms with Gasteiger partial charge in [-0.15, -0.1) is 24.0 Å². The molecule has 0 aliphatic carbocycles. The number of benzene rings is 1. The maximum absolute atomic E-state index is 5.53. The molecule has 0 saturated carbocycles. The van der Waals surface area contributed by atoms with Crippen molar-refractivity contribution < 1.29 is 14.2 Å². The van der Waals surface area contributed by atoms with E-state index in [0.29, 0.717) is 36.3 Å². The van der Waals surface area contributed by atoms with Crippen molar-refractivity contribution in [3.8, 4) is 17.2 Å². The van der Waals surface area contributed by atoms with Crippen LogP contribution in [0.4, 0.5) is 0 Å². The molecule has 1 aromatic heterocycles. The molecule has 0 saturated heterocycles. The molecule has 0 aliphatic heterocycles. The summed E-state index contributed by atoms with van der Waals surface area (Å²) in [6, 6.07) is 3.69. The van der Waals surface area contributed by atoms with Gasteiger partial charge in [0.05, 0.1) is 39.1 Å². The van der Waals surface area contributed by atoms with Gasteiger partial charge >= 0.3 is 0 Å². The van der Waals surface area contributed by atoms with Crippen LogP contribution < -0.4 is 19.5 Å². The molecule has 8 nitrogen and oxygen atoms in total. The van der Waals surface area contributed by atoms with Crippen LogP contribution in [0.3, 0.4) is 0 Å². The van der Waals surface area contributed by atoms with Crippen LogP contribution in [0.5, 0.6) is 17.2 Å². The van der Waals surface area contributed by atoms with Gasteiger partial charge in [-0.05, 0) is 5.92 Å². The average Bonchev–Trinajstić information content (AvgIpc) is 3.08. The highest BCUT2D eigenvalue weighted by Gasteiger charge is 2.17. The summed E-state index contributed by atoms with van der Waals surface area (Å²) >= 11 is 0. The zero-order valence-corrected chi connectivity index (χ0v) is 21.5. The molecule has 1 aromatic carbocycles. The van der Waals surface area contributed by atoms with Crippen LogP contribution >= 0.6 is 24.0 Å². The fourth-order valence-electron chi connectivity index (χ4n) is 3.30. The van der Waals surface area contributed by atoms with Crippen molar-refractivity contribution in [2.45, 2.75) is 32.9 Å². The van der Waals surface area contributed by atoms with E-state index in [2.05, 4.69) is 40.4 Å². The molecule has 2 rings (SSSR count). The van der Waals surface area contributed by atoms with Gasteiger partial charge in [-0.2, -0.15) is 5.10 Å². The Balaban J connectivity index is 0.00000450. The third-order valence-corrected chi connectivity index (χ3v) is 4.71. The van der Waals surface area contributed by atoms with Crippen molar-refractivity contribution in [2.75, 3.05) is 35.4 Å². The van der Waals surface area contributed by atoms with E-state index < -0.39 is 0 Å². The molecule has 0 spiro atoms. The lowest BCUT2D eigenvalue weighted by molar-refractivity contribution is 0.367. The number of hydrogen-bond acceptors (Lipinski definition) is 5. The van der Waals surface area contributed by atoms with Crippen LogP contribution in [0.2, 0.25) is 0 Å². The van der Waals surface area contributed by atoms with Crippen molar-refractivity contribution in [2.24, 2.45) is 12.0 Å². The van der Waals surface area contributed by atoms with Crippen molar-refractivity contribution in [1.82, 2.24) is 20.0 Å². The minimum atomic E-state index is 0. The first-order valence-electron chi connectivity index (χ1n) is 9.57. The first kappa shape index (κ1) is 25.9. The monoisotopic (exact) mass is 531 g/mol. The predicted octanol–water partition coefficient (Wildman–Crippen LogP) is 3.39. The lowest BCUT2D eigenvalue weighted by atomic mass is 10.1. The molecular weight excluding hydrogens is 497 g/mol. The molecule has 0 aliphatic rings. The maximum atomic E-state index is 5.53. The molecule has 0 bridgehead atoms. The van der Waals surface area contributed by atoms with Gasteiger partial charge in [0.15, 0.2) is 5.96 Å². The highest BCUT2D eigenvalue weighted by Crippen LogP contribution is 2.33. The largest absolute Gasteiger partial charge is 0.496 e. The molecule has 0 radical (unpaired) electrons. The van der Waals surface area contributed by atoms with Crippen LogP contribution in [0.1, 0.15) is 36.6 Å². The van der Waals surface area contributed by atoms with Crippen LogP contribution in [-0.4, -0.2) is 56.1 Å². The first-order valence-corrected chi connectivity index (χ1v) is 9.57. The van der Waals surface area contributed by atoms with Crippen molar-refractivity contribution in [3.05, 3.63) is 35.2 Å². The van der Waals surface area contributed by atoms with Gasteiger partial charge < -0.3 is 24.4 Å². The Kier molecular flexibility index (Phi) is 10.2. The van der Waals surface area contributed by atoms with Crippen LogP contribution in [0.15, 0.2) is 23.3 Å². The molecule has 2 aromatic rings. The Bertz CT molecular complexity index is 826. The lowest BCUT2D eigenvalue weighted by Crippen LogP contribution is -2.38. The van der Waals surface area contributed by atoms with E-state index in [1.54, 1.807) is 28.4 Å². The van der Waals surface area contributed by atoms with Crippen molar-refractivity contribution in [1.29, 1.82) is 0 Å². The quantitative estimate of drug-likeness (QED) is 0.320. The van der Waals surface area contributed by atoms with Gasteiger partial charge in [0, 0.05) is 51.6 Å². The molecule has 0 unspecified atom stereocenters. The predicted molar refractivity (Wildman–Crippen MR) is 130 cm³/mol. The number of nitrogens with zero attached hydrogens (tertiary/aromatic N) is 4. The third kappa shape index (κ3) is 6.16. The van der Waals surface area contributed by atoms with E-state index >= 15 is 0 Å². The summed E-state index contributed by atoms with van der Waals surface area (Å²) in [4.78, 5) is 6.50. The number of methoxy groups -OCH3 is 3. The van der Waals surface area contributed by atoms with Gasteiger partial charge in [-0.1, -0.05) is 13.8 Å². The Morgan fingerprint density at radius 3 is 2.23 bits per heavy atom. The second-order valence-electron chi connectivity index (χ2n) is 7.14. The Hall–Kier alpha value is -2.17. The van der Waals surface area contributed by atoms with Crippen LogP contribution in [0.25, 0.3) is 0 Å². The Labute approximate surface area is 196 Å². The molecule has 30 heavy (non-hydrogen) atoms. The number of hydrogen-bond donors (Lipinski definition) is 1. The summed E-state index contributed by atoms with van der Waals surface area (Å²) in [5, 5.41) is 7.98. The van der Waals surface area contributed by atoms with Crippen molar-refractivity contribution >= 4 is 29.9 Å². The maximum Gasteiger partial charge on any atom is 0.193 e. The highest BCUT2D eigenvalue weighted by molar-refractivity contribution is 14.0. The summed E-state index contributed by atoms with van der Waals surface area (Å²) in [5.74, 6) is 3.20. The topological polar surface area (TPSA) is 73.1 Å². The Morgan fingerprint density at radius 1 is 1.17 bits per heavy atom. The van der Waals surface area contributed by atoms with E-state index in [0.717, 1.165) is 17.2 Å². The summed E-state index contributed by atoms with van der Waals surface area (Å²) in [6.45, 7) is 5.51. The van der Waals surface area contributed by atoms with Gasteiger partial charge in [0.2, 0.25) is 0 Å². The number of guanidine groups is 1. The molecular formula is C21H34IN5O3. The minimum Gasteiger partial charge on any atom is -0.496 e. The number of rotatable bonds is 8. The van der Waals surface area contributed by atoms with Gasteiger partial charge in [0.25, 0.3) is 0 Å². The molecule has 9 heteroatoms. The number of ether oxygens (including phenoxy) is 3. The van der Waals surface area contributed by atoms with E-state index in [4.69, 9.17) is 14.2 Å². The summed E-state index contributed by atoms with van der Waals surface area (Å²) in [5.41, 5.74) is 3.19. The van der Waals surface area contributed by atoms with E-state index in [1.807, 2.05) is 30.9 Å². The minimum absolute atomic E-state index is 0. The zero-order chi connectivity index (χ0) is 21.6. The van der Waals surface area contributed by atoms with Crippen LogP contribution in [0, 0.1) is 0 Å². The SMILES string of the molecule is CN=C(NCc1c(OC)cc(OC)cc1OC)N(C)Cc1cn(C)nc1C(C)C.I. The third-order valence-electron chi connectivity index (χ3n) is 4.71. The first-order chi connectivity index (χ1) is 13.8. The number of nitrogens with one attached hydrogen (secondary N) is 1. The standard InChI is InChI=1S/C21H33N5O3.HI/c1-14(2)20-15(13-26(5)24-20)12-25(4)21(22-3)23-11-17-18(28-7)9-16(27-6)10-19(17)29-8;/h9-10,13-14H,11-12H2,1-8H3,(H,22,23);1H. The highest BCUT2D eigenvalue weighted by atomic mass is 127. The molecule has 0 amide bonds. The Morgan fingerprint density at radius 2 is 1.77 bits per heavy atom. The van der Waals surface area contributed by atoms with Crippen molar-refractivity contribution in [3.63, 3.8) is 0 Å². The smallest absolute Gasteiger partial charge is 0.193 e. The second-order valence-corrected chi connectivity index (χ2v) is 7.14. The number of aliphatic imine (C=N–C) groups is 1. The van der Waals surface area contributed by atoms with Gasteiger partial charge in [-0.3, -0.25) is 9.67 Å². The normalized spacial score (nSPS) is 11.2. The number of aromatic nitrogens is 2. The second kappa shape index (κ2) is 11.9. The van der Waals surface area contributed by atoms with Crippen LogP contribution in [-0.2, 0) is 20.1 Å². The fraction of sp³-hybridized carbons (Fsp3) is 0.524. The average molecular weight is 531 g/mol. The molecule has 1 N–H and O–H groups in total. The van der Waals surface area contributed by atoms with E-state index in [1.165, 1.54) is 5.56 Å². The fourth-order valence-corrected chi connectivity index (χ4v) is 3.30. The summed E-state index contributed by atoms with van der Waals surface area (Å²) in [7, 11) is 10.6.